The highest BCUT2D eigenvalue weighted by Crippen LogP contribution is 2.10. The second-order valence-electron chi connectivity index (χ2n) is 4.68. The fourth-order valence-electron chi connectivity index (χ4n) is 2.17. The lowest BCUT2D eigenvalue weighted by atomic mass is 10.2. The predicted octanol–water partition coefficient (Wildman–Crippen LogP) is 1.67. The van der Waals surface area contributed by atoms with E-state index < -0.39 is 0 Å². The molecule has 3 aromatic heterocycles. The molecule has 0 aliphatic carbocycles. The quantitative estimate of drug-likeness (QED) is 0.771. The van der Waals surface area contributed by atoms with E-state index in [1.165, 1.54) is 16.8 Å². The number of aryl methyl sites for hydroxylation is 1. The Morgan fingerprint density at radius 3 is 2.68 bits per heavy atom. The Kier molecular flexibility index (Phi) is 3.05. The maximum atomic E-state index is 4.33. The Morgan fingerprint density at radius 2 is 1.89 bits per heavy atom. The third-order valence-electron chi connectivity index (χ3n) is 3.47. The van der Waals surface area contributed by atoms with E-state index in [1.54, 1.807) is 0 Å². The maximum Gasteiger partial charge on any atom is 0.0706 e. The molecule has 3 rings (SSSR count). The van der Waals surface area contributed by atoms with Gasteiger partial charge in [-0.1, -0.05) is 6.07 Å². The summed E-state index contributed by atoms with van der Waals surface area (Å²) in [6.07, 6.45) is 5.79. The summed E-state index contributed by atoms with van der Waals surface area (Å²) in [5, 5.41) is 12.0. The summed E-state index contributed by atoms with van der Waals surface area (Å²) < 4.78 is 3.79. The molecule has 0 unspecified atom stereocenters. The molecule has 0 bridgehead atoms. The fourth-order valence-corrected chi connectivity index (χ4v) is 2.17. The van der Waals surface area contributed by atoms with Crippen molar-refractivity contribution < 1.29 is 0 Å². The zero-order chi connectivity index (χ0) is 13.2. The summed E-state index contributed by atoms with van der Waals surface area (Å²) in [7, 11) is 1.96. The van der Waals surface area contributed by atoms with E-state index in [-0.39, 0.29) is 0 Å². The highest BCUT2D eigenvalue weighted by Gasteiger charge is 2.05. The summed E-state index contributed by atoms with van der Waals surface area (Å²) in [6, 6.07) is 6.10. The van der Waals surface area contributed by atoms with Crippen molar-refractivity contribution >= 4 is 5.52 Å². The Morgan fingerprint density at radius 1 is 1.11 bits per heavy atom. The van der Waals surface area contributed by atoms with Gasteiger partial charge in [-0.15, -0.1) is 0 Å². The van der Waals surface area contributed by atoms with Crippen molar-refractivity contribution in [3.05, 3.63) is 53.6 Å². The molecule has 0 radical (unpaired) electrons. The molecule has 19 heavy (non-hydrogen) atoms. The summed E-state index contributed by atoms with van der Waals surface area (Å²) >= 11 is 0. The molecule has 0 amide bonds. The number of hydrogen-bond donors (Lipinski definition) is 1. The Balaban J connectivity index is 1.68. The molecule has 0 aromatic carbocycles. The van der Waals surface area contributed by atoms with Crippen LogP contribution in [0, 0.1) is 6.92 Å². The molecule has 0 atom stereocenters. The van der Waals surface area contributed by atoms with Crippen LogP contribution in [0.5, 0.6) is 0 Å². The van der Waals surface area contributed by atoms with Crippen LogP contribution >= 0.6 is 0 Å². The van der Waals surface area contributed by atoms with Crippen LogP contribution in [0.15, 0.2) is 36.8 Å². The first-order valence-electron chi connectivity index (χ1n) is 6.35. The molecule has 0 saturated carbocycles. The van der Waals surface area contributed by atoms with Crippen LogP contribution in [0.3, 0.4) is 0 Å². The topological polar surface area (TPSA) is 47.1 Å². The van der Waals surface area contributed by atoms with E-state index in [4.69, 9.17) is 0 Å². The molecule has 0 fully saturated rings. The van der Waals surface area contributed by atoms with Crippen molar-refractivity contribution in [3.63, 3.8) is 0 Å². The average molecular weight is 255 g/mol. The average Bonchev–Trinajstić information content (AvgIpc) is 2.97. The highest BCUT2D eigenvalue weighted by molar-refractivity contribution is 5.53. The number of hydrogen-bond acceptors (Lipinski definition) is 3. The summed E-state index contributed by atoms with van der Waals surface area (Å²) in [5.74, 6) is 0. The number of nitrogens with one attached hydrogen (secondary N) is 1. The van der Waals surface area contributed by atoms with E-state index in [2.05, 4.69) is 28.5 Å². The molecule has 0 saturated heterocycles. The van der Waals surface area contributed by atoms with Gasteiger partial charge in [0.1, 0.15) is 0 Å². The first-order valence-corrected chi connectivity index (χ1v) is 6.35. The maximum absolute atomic E-state index is 4.33. The van der Waals surface area contributed by atoms with Gasteiger partial charge in [0.2, 0.25) is 0 Å². The number of pyridine rings is 1. The molecule has 0 aliphatic rings. The summed E-state index contributed by atoms with van der Waals surface area (Å²) in [5.41, 5.74) is 4.80. The lowest BCUT2D eigenvalue weighted by molar-refractivity contribution is 0.687. The molecule has 0 aliphatic heterocycles. The Labute approximate surface area is 111 Å². The van der Waals surface area contributed by atoms with Crippen LogP contribution in [-0.4, -0.2) is 19.4 Å². The largest absolute Gasteiger partial charge is 0.308 e. The lowest BCUT2D eigenvalue weighted by Crippen LogP contribution is -2.13. The van der Waals surface area contributed by atoms with E-state index in [9.17, 15) is 0 Å². The molecule has 5 heteroatoms. The standard InChI is InChI=1S/C14H17N5/c1-11-12(9-16-18(11)2)7-15-8-13-10-17-19-6-4-3-5-14(13)19/h3-6,9-10,15H,7-8H2,1-2H3. The summed E-state index contributed by atoms with van der Waals surface area (Å²) in [6.45, 7) is 3.71. The van der Waals surface area contributed by atoms with E-state index in [0.717, 1.165) is 18.6 Å². The van der Waals surface area contributed by atoms with Crippen LogP contribution in [0.4, 0.5) is 0 Å². The van der Waals surface area contributed by atoms with Crippen LogP contribution in [0.25, 0.3) is 5.52 Å². The Bertz CT molecular complexity index is 695. The molecule has 1 N–H and O–H groups in total. The van der Waals surface area contributed by atoms with Gasteiger partial charge in [0.15, 0.2) is 0 Å². The van der Waals surface area contributed by atoms with Crippen molar-refractivity contribution in [3.8, 4) is 0 Å². The van der Waals surface area contributed by atoms with Crippen molar-refractivity contribution in [2.45, 2.75) is 20.0 Å². The smallest absolute Gasteiger partial charge is 0.0706 e. The molecular weight excluding hydrogens is 238 g/mol. The second kappa shape index (κ2) is 4.85. The molecule has 3 aromatic rings. The molecule has 5 nitrogen and oxygen atoms in total. The normalized spacial score (nSPS) is 11.3. The highest BCUT2D eigenvalue weighted by atomic mass is 15.3. The fraction of sp³-hybridized carbons (Fsp3) is 0.286. The summed E-state index contributed by atoms with van der Waals surface area (Å²) in [4.78, 5) is 0. The molecule has 3 heterocycles. The van der Waals surface area contributed by atoms with Crippen molar-refractivity contribution in [2.24, 2.45) is 7.05 Å². The van der Waals surface area contributed by atoms with E-state index in [1.807, 2.05) is 47.0 Å². The zero-order valence-electron chi connectivity index (χ0n) is 11.2. The molecule has 0 spiro atoms. The number of aromatic nitrogens is 4. The van der Waals surface area contributed by atoms with Crippen LogP contribution < -0.4 is 5.32 Å². The van der Waals surface area contributed by atoms with Crippen LogP contribution in [-0.2, 0) is 20.1 Å². The monoisotopic (exact) mass is 255 g/mol. The van der Waals surface area contributed by atoms with Crippen molar-refractivity contribution in [1.82, 2.24) is 24.7 Å². The van der Waals surface area contributed by atoms with Gasteiger partial charge in [-0.05, 0) is 19.1 Å². The third kappa shape index (κ3) is 2.24. The minimum Gasteiger partial charge on any atom is -0.308 e. The van der Waals surface area contributed by atoms with E-state index >= 15 is 0 Å². The van der Waals surface area contributed by atoms with Gasteiger partial charge in [-0.2, -0.15) is 10.2 Å². The van der Waals surface area contributed by atoms with Crippen LogP contribution in [0.2, 0.25) is 0 Å². The Hall–Kier alpha value is -2.14. The lowest BCUT2D eigenvalue weighted by Gasteiger charge is -2.03. The van der Waals surface area contributed by atoms with E-state index in [0.29, 0.717) is 0 Å². The minimum absolute atomic E-state index is 0.807. The number of nitrogens with zero attached hydrogens (tertiary/aromatic N) is 4. The first-order chi connectivity index (χ1) is 9.25. The second-order valence-corrected chi connectivity index (χ2v) is 4.68. The van der Waals surface area contributed by atoms with Gasteiger partial charge in [0, 0.05) is 43.2 Å². The minimum atomic E-state index is 0.807. The van der Waals surface area contributed by atoms with Crippen molar-refractivity contribution in [1.29, 1.82) is 0 Å². The SMILES string of the molecule is Cc1c(CNCc2cnn3ccccc23)cnn1C. The molecular formula is C14H17N5. The zero-order valence-corrected chi connectivity index (χ0v) is 11.2. The number of rotatable bonds is 4. The van der Waals surface area contributed by atoms with Crippen LogP contribution in [0.1, 0.15) is 16.8 Å². The van der Waals surface area contributed by atoms with Gasteiger partial charge in [0.25, 0.3) is 0 Å². The van der Waals surface area contributed by atoms with Gasteiger partial charge < -0.3 is 5.32 Å². The van der Waals surface area contributed by atoms with Gasteiger partial charge in [0.05, 0.1) is 17.9 Å². The van der Waals surface area contributed by atoms with Gasteiger partial charge in [-0.3, -0.25) is 4.68 Å². The third-order valence-corrected chi connectivity index (χ3v) is 3.47. The van der Waals surface area contributed by atoms with Crippen molar-refractivity contribution in [2.75, 3.05) is 0 Å². The van der Waals surface area contributed by atoms with Gasteiger partial charge in [-0.25, -0.2) is 4.52 Å². The molecule has 98 valence electrons. The van der Waals surface area contributed by atoms with Gasteiger partial charge >= 0.3 is 0 Å². The predicted molar refractivity (Wildman–Crippen MR) is 73.7 cm³/mol. The number of fused-ring (bicyclic) bond motifs is 1. The first kappa shape index (κ1) is 11.9.